The van der Waals surface area contributed by atoms with Crippen molar-refractivity contribution in [1.82, 2.24) is 15.7 Å². The molecule has 0 aromatic rings. The quantitative estimate of drug-likeness (QED) is 0.0614. The number of aliphatic hydroxyl groups excluding tert-OH is 5. The van der Waals surface area contributed by atoms with E-state index in [2.05, 4.69) is 10.6 Å². The van der Waals surface area contributed by atoms with Gasteiger partial charge in [-0.25, -0.2) is 9.86 Å². The predicted molar refractivity (Wildman–Crippen MR) is 138 cm³/mol. The molecule has 2 amide bonds. The molecule has 40 heavy (non-hydrogen) atoms. The fraction of sp³-hybridized carbons (Fsp3) is 0.957. The lowest BCUT2D eigenvalue weighted by Gasteiger charge is -2.51. The third-order valence-corrected chi connectivity index (χ3v) is 7.89. The number of hydroxylamine groups is 2. The number of nitrogens with zero attached hydrogens (tertiary/aromatic N) is 1. The van der Waals surface area contributed by atoms with Crippen LogP contribution in [0, 0.1) is 5.92 Å². The number of hydrogen-bond donors (Lipinski definition) is 12. The molecule has 2 saturated heterocycles. The molecule has 0 aromatic carbocycles. The number of hydrogen-bond acceptors (Lipinski definition) is 15. The smallest absolute Gasteiger partial charge is 0.341 e. The van der Waals surface area contributed by atoms with Crippen molar-refractivity contribution < 1.29 is 49.7 Å². The minimum absolute atomic E-state index is 0.00513. The molecule has 1 aliphatic carbocycles. The van der Waals surface area contributed by atoms with Gasteiger partial charge < -0.3 is 73.3 Å². The van der Waals surface area contributed by atoms with Crippen LogP contribution in [0.2, 0.25) is 0 Å². The molecule has 0 spiro atoms. The zero-order chi connectivity index (χ0) is 29.6. The lowest BCUT2D eigenvalue weighted by atomic mass is 9.72. The maximum absolute atomic E-state index is 12.6. The molecule has 0 bridgehead atoms. The average Bonchev–Trinajstić information content (AvgIpc) is 2.92. The van der Waals surface area contributed by atoms with Crippen LogP contribution in [0.25, 0.3) is 0 Å². The number of urea groups is 1. The Morgan fingerprint density at radius 3 is 2.40 bits per heavy atom. The first-order valence-electron chi connectivity index (χ1n) is 13.7. The average molecular weight is 582 g/mol. The Hall–Kier alpha value is -1.29. The van der Waals surface area contributed by atoms with Gasteiger partial charge in [0.25, 0.3) is 0 Å². The monoisotopic (exact) mass is 581 g/mol. The van der Waals surface area contributed by atoms with Gasteiger partial charge in [0.05, 0.1) is 50.2 Å². The van der Waals surface area contributed by atoms with Crippen molar-refractivity contribution in [3.05, 3.63) is 0 Å². The second-order valence-electron chi connectivity index (χ2n) is 10.7. The maximum atomic E-state index is 12.6. The Labute approximate surface area is 232 Å². The van der Waals surface area contributed by atoms with Gasteiger partial charge in [-0.2, -0.15) is 0 Å². The Morgan fingerprint density at radius 2 is 1.75 bits per heavy atom. The van der Waals surface area contributed by atoms with Crippen molar-refractivity contribution in [2.75, 3.05) is 39.4 Å². The van der Waals surface area contributed by atoms with Crippen LogP contribution in [-0.4, -0.2) is 154 Å². The fourth-order valence-electron chi connectivity index (χ4n) is 5.69. The zero-order valence-electron chi connectivity index (χ0n) is 22.4. The Kier molecular flexibility index (Phi) is 12.7. The number of carbonyl (C=O) groups excluding carboxylic acids is 1. The number of amides is 2. The van der Waals surface area contributed by atoms with Crippen LogP contribution < -0.4 is 33.6 Å². The van der Waals surface area contributed by atoms with E-state index in [1.54, 1.807) is 0 Å². The minimum Gasteiger partial charge on any atom is -0.395 e. The van der Waals surface area contributed by atoms with Crippen LogP contribution in [0.1, 0.15) is 19.3 Å². The van der Waals surface area contributed by atoms with E-state index >= 15 is 0 Å². The van der Waals surface area contributed by atoms with Gasteiger partial charge in [0.15, 0.2) is 6.29 Å². The van der Waals surface area contributed by atoms with Gasteiger partial charge in [-0.15, -0.1) is 0 Å². The first-order valence-corrected chi connectivity index (χ1v) is 13.7. The molecule has 17 heteroatoms. The van der Waals surface area contributed by atoms with E-state index in [9.17, 15) is 30.4 Å². The van der Waals surface area contributed by atoms with Crippen molar-refractivity contribution in [2.45, 2.75) is 92.4 Å². The third-order valence-electron chi connectivity index (χ3n) is 7.89. The largest absolute Gasteiger partial charge is 0.395 e. The summed E-state index contributed by atoms with van der Waals surface area (Å²) in [5, 5.41) is 67.2. The van der Waals surface area contributed by atoms with E-state index in [0.29, 0.717) is 31.0 Å². The van der Waals surface area contributed by atoms with Crippen LogP contribution in [0.15, 0.2) is 0 Å². The van der Waals surface area contributed by atoms with Crippen molar-refractivity contribution in [1.29, 1.82) is 0 Å². The Bertz CT molecular complexity index is 788. The standard InChI is InChI=1S/C23H47N7O10/c24-3-5-30(37)23(36)29-13-7-12(26)15(20-11(25)2-1-10(38-20)8-28-4-6-31)18(34)21(13)40-22-19(35)16(27)17(33)14(9-32)39-22/h10-22,28,31-35,37H,1-9,24-27H2,(H,29,36)/t10-,11+,12-,13+,14+,15?,16-,17+,18-,19+,20-,21-,22+/m0/s1. The molecule has 1 saturated carbocycles. The van der Waals surface area contributed by atoms with Gasteiger partial charge in [-0.05, 0) is 19.3 Å². The van der Waals surface area contributed by atoms with Gasteiger partial charge in [0.1, 0.15) is 24.4 Å². The van der Waals surface area contributed by atoms with Crippen molar-refractivity contribution in [3.8, 4) is 0 Å². The highest BCUT2D eigenvalue weighted by Crippen LogP contribution is 2.36. The first kappa shape index (κ1) is 33.2. The van der Waals surface area contributed by atoms with Gasteiger partial charge in [0.2, 0.25) is 0 Å². The normalized spacial score (nSPS) is 42.4. The molecule has 3 rings (SSSR count). The highest BCUT2D eigenvalue weighted by atomic mass is 16.7. The van der Waals surface area contributed by atoms with E-state index in [-0.39, 0.29) is 32.2 Å². The highest BCUT2D eigenvalue weighted by molar-refractivity contribution is 5.73. The fourth-order valence-corrected chi connectivity index (χ4v) is 5.69. The summed E-state index contributed by atoms with van der Waals surface area (Å²) in [6.45, 7) is 0.0382. The minimum atomic E-state index is -1.54. The third kappa shape index (κ3) is 7.75. The lowest BCUT2D eigenvalue weighted by Crippen LogP contribution is -2.69. The van der Waals surface area contributed by atoms with Gasteiger partial charge in [-0.1, -0.05) is 0 Å². The Morgan fingerprint density at radius 1 is 1.02 bits per heavy atom. The van der Waals surface area contributed by atoms with Crippen molar-refractivity contribution in [2.24, 2.45) is 28.9 Å². The second kappa shape index (κ2) is 15.3. The summed E-state index contributed by atoms with van der Waals surface area (Å²) in [6, 6.07) is -4.32. The SMILES string of the molecule is NCCN(O)C(=O)N[C@@H]1C[C@H](N)C([C@H]2O[C@H](CNCCO)CC[C@H]2N)[C@H](O)[C@H]1O[C@H]1O[C@H](CO)[C@@H](O)[C@H](N)[C@H]1O. The molecular formula is C23H47N7O10. The summed E-state index contributed by atoms with van der Waals surface area (Å²) in [5.41, 5.74) is 24.3. The molecular weight excluding hydrogens is 534 g/mol. The van der Waals surface area contributed by atoms with Crippen LogP contribution in [0.4, 0.5) is 4.79 Å². The molecule has 234 valence electrons. The molecule has 2 aliphatic heterocycles. The number of nitrogens with one attached hydrogen (secondary N) is 2. The predicted octanol–water partition coefficient (Wildman–Crippen LogP) is -5.97. The maximum Gasteiger partial charge on any atom is 0.341 e. The number of nitrogens with two attached hydrogens (primary N) is 4. The summed E-state index contributed by atoms with van der Waals surface area (Å²) in [5.74, 6) is -0.767. The van der Waals surface area contributed by atoms with E-state index in [1.165, 1.54) is 0 Å². The molecule has 17 nitrogen and oxygen atoms in total. The summed E-state index contributed by atoms with van der Waals surface area (Å²) in [4.78, 5) is 12.6. The summed E-state index contributed by atoms with van der Waals surface area (Å²) in [7, 11) is 0. The molecule has 13 atom stereocenters. The Balaban J connectivity index is 1.85. The van der Waals surface area contributed by atoms with Gasteiger partial charge >= 0.3 is 6.03 Å². The van der Waals surface area contributed by atoms with Crippen LogP contribution in [-0.2, 0) is 14.2 Å². The summed E-state index contributed by atoms with van der Waals surface area (Å²) in [6.07, 6.45) is -7.88. The van der Waals surface area contributed by atoms with E-state index in [4.69, 9.17) is 42.3 Å². The van der Waals surface area contributed by atoms with E-state index in [0.717, 1.165) is 0 Å². The zero-order valence-corrected chi connectivity index (χ0v) is 22.4. The number of rotatable bonds is 11. The topological polar surface area (TPSA) is 298 Å². The van der Waals surface area contributed by atoms with E-state index in [1.807, 2.05) is 0 Å². The van der Waals surface area contributed by atoms with Crippen LogP contribution in [0.5, 0.6) is 0 Å². The number of carbonyl (C=O) groups is 1. The molecule has 3 aliphatic rings. The first-order chi connectivity index (χ1) is 19.0. The van der Waals surface area contributed by atoms with Crippen LogP contribution >= 0.6 is 0 Å². The molecule has 3 fully saturated rings. The van der Waals surface area contributed by atoms with Crippen molar-refractivity contribution >= 4 is 6.03 Å². The second-order valence-corrected chi connectivity index (χ2v) is 10.7. The van der Waals surface area contributed by atoms with E-state index < -0.39 is 85.6 Å². The number of ether oxygens (including phenoxy) is 3. The highest BCUT2D eigenvalue weighted by Gasteiger charge is 2.53. The molecule has 1 unspecified atom stereocenters. The molecule has 0 aromatic heterocycles. The molecule has 16 N–H and O–H groups in total. The van der Waals surface area contributed by atoms with Gasteiger partial charge in [-0.3, -0.25) is 5.21 Å². The lowest BCUT2D eigenvalue weighted by molar-refractivity contribution is -0.306. The summed E-state index contributed by atoms with van der Waals surface area (Å²) < 4.78 is 17.8. The molecule has 0 radical (unpaired) electrons. The molecule has 2 heterocycles. The van der Waals surface area contributed by atoms with Crippen molar-refractivity contribution in [3.63, 3.8) is 0 Å². The van der Waals surface area contributed by atoms with Crippen LogP contribution in [0.3, 0.4) is 0 Å². The summed E-state index contributed by atoms with van der Waals surface area (Å²) >= 11 is 0. The van der Waals surface area contributed by atoms with Gasteiger partial charge in [0, 0.05) is 37.6 Å². The number of aliphatic hydroxyl groups is 5.